The Morgan fingerprint density at radius 1 is 1.26 bits per heavy atom. The van der Waals surface area contributed by atoms with Gasteiger partial charge >= 0.3 is 0 Å². The Labute approximate surface area is 115 Å². The third kappa shape index (κ3) is 4.67. The van der Waals surface area contributed by atoms with Gasteiger partial charge in [0.1, 0.15) is 5.75 Å². The number of hydrogen-bond acceptors (Lipinski definition) is 3. The van der Waals surface area contributed by atoms with E-state index in [4.69, 9.17) is 9.47 Å². The lowest BCUT2D eigenvalue weighted by Gasteiger charge is -2.13. The van der Waals surface area contributed by atoms with Gasteiger partial charge in [0.15, 0.2) is 5.78 Å². The van der Waals surface area contributed by atoms with E-state index in [9.17, 15) is 4.79 Å². The first-order chi connectivity index (χ1) is 9.10. The summed E-state index contributed by atoms with van der Waals surface area (Å²) in [4.78, 5) is 12.2. The molecule has 0 N–H and O–H groups in total. The SMILES string of the molecule is CCCOc1ccc(C(C)C)cc1C(=O)CCOC. The van der Waals surface area contributed by atoms with Crippen LogP contribution in [0.1, 0.15) is 55.5 Å². The molecule has 19 heavy (non-hydrogen) atoms. The average molecular weight is 264 g/mol. The summed E-state index contributed by atoms with van der Waals surface area (Å²) in [5.74, 6) is 1.16. The fraction of sp³-hybridized carbons (Fsp3) is 0.562. The molecule has 0 radical (unpaired) electrons. The number of rotatable bonds is 8. The molecule has 1 rings (SSSR count). The van der Waals surface area contributed by atoms with Crippen molar-refractivity contribution >= 4 is 5.78 Å². The van der Waals surface area contributed by atoms with Crippen LogP contribution in [0.4, 0.5) is 0 Å². The predicted molar refractivity (Wildman–Crippen MR) is 77.1 cm³/mol. The van der Waals surface area contributed by atoms with Crippen molar-refractivity contribution in [2.24, 2.45) is 0 Å². The van der Waals surface area contributed by atoms with E-state index in [1.54, 1.807) is 7.11 Å². The van der Waals surface area contributed by atoms with Gasteiger partial charge in [0.05, 0.1) is 18.8 Å². The van der Waals surface area contributed by atoms with Crippen LogP contribution >= 0.6 is 0 Å². The molecule has 1 aromatic rings. The van der Waals surface area contributed by atoms with Crippen molar-refractivity contribution in [3.63, 3.8) is 0 Å². The highest BCUT2D eigenvalue weighted by Gasteiger charge is 2.14. The largest absolute Gasteiger partial charge is 0.493 e. The fourth-order valence-electron chi connectivity index (χ4n) is 1.79. The Kier molecular flexibility index (Phi) is 6.57. The summed E-state index contributed by atoms with van der Waals surface area (Å²) in [6.07, 6.45) is 1.32. The molecule has 0 aliphatic heterocycles. The van der Waals surface area contributed by atoms with Crippen molar-refractivity contribution in [2.75, 3.05) is 20.3 Å². The maximum Gasteiger partial charge on any atom is 0.168 e. The van der Waals surface area contributed by atoms with E-state index >= 15 is 0 Å². The lowest BCUT2D eigenvalue weighted by molar-refractivity contribution is 0.0928. The molecule has 0 fully saturated rings. The molecule has 0 saturated carbocycles. The second-order valence-electron chi connectivity index (χ2n) is 4.92. The number of hydrogen-bond donors (Lipinski definition) is 0. The molecule has 0 aromatic heterocycles. The molecule has 1 aromatic carbocycles. The highest BCUT2D eigenvalue weighted by molar-refractivity contribution is 5.99. The van der Waals surface area contributed by atoms with E-state index in [1.165, 1.54) is 0 Å². The van der Waals surface area contributed by atoms with Crippen molar-refractivity contribution in [3.8, 4) is 5.75 Å². The number of benzene rings is 1. The molecule has 3 nitrogen and oxygen atoms in total. The van der Waals surface area contributed by atoms with Gasteiger partial charge in [-0.3, -0.25) is 4.79 Å². The minimum absolute atomic E-state index is 0.0791. The molecule has 0 unspecified atom stereocenters. The van der Waals surface area contributed by atoms with E-state index in [1.807, 2.05) is 18.2 Å². The van der Waals surface area contributed by atoms with Crippen LogP contribution in [0, 0.1) is 0 Å². The molecule has 0 bridgehead atoms. The van der Waals surface area contributed by atoms with Crippen LogP contribution < -0.4 is 4.74 Å². The molecule has 0 aliphatic rings. The van der Waals surface area contributed by atoms with Crippen LogP contribution in [0.15, 0.2) is 18.2 Å². The second kappa shape index (κ2) is 7.95. The number of carbonyl (C=O) groups excluding carboxylic acids is 1. The Bertz CT molecular complexity index is 410. The Morgan fingerprint density at radius 2 is 2.00 bits per heavy atom. The highest BCUT2D eigenvalue weighted by Crippen LogP contribution is 2.25. The Hall–Kier alpha value is -1.35. The van der Waals surface area contributed by atoms with Gasteiger partial charge in [-0.05, 0) is 30.0 Å². The predicted octanol–water partition coefficient (Wildman–Crippen LogP) is 3.82. The maximum atomic E-state index is 12.2. The Morgan fingerprint density at radius 3 is 2.58 bits per heavy atom. The van der Waals surface area contributed by atoms with Crippen LogP contribution in [0.25, 0.3) is 0 Å². The summed E-state index contributed by atoms with van der Waals surface area (Å²) in [6, 6.07) is 5.89. The fourth-order valence-corrected chi connectivity index (χ4v) is 1.79. The zero-order valence-corrected chi connectivity index (χ0v) is 12.4. The highest BCUT2D eigenvalue weighted by atomic mass is 16.5. The molecule has 0 amide bonds. The van der Waals surface area contributed by atoms with Crippen molar-refractivity contribution < 1.29 is 14.3 Å². The standard InChI is InChI=1S/C16H24O3/c1-5-9-19-16-7-6-13(12(2)3)11-14(16)15(17)8-10-18-4/h6-7,11-12H,5,8-10H2,1-4H3. The summed E-state index contributed by atoms with van der Waals surface area (Å²) < 4.78 is 10.6. The van der Waals surface area contributed by atoms with Gasteiger partial charge in [-0.2, -0.15) is 0 Å². The zero-order chi connectivity index (χ0) is 14.3. The lowest BCUT2D eigenvalue weighted by Crippen LogP contribution is -2.08. The van der Waals surface area contributed by atoms with Crippen LogP contribution in [0.5, 0.6) is 5.75 Å². The van der Waals surface area contributed by atoms with Crippen molar-refractivity contribution in [1.82, 2.24) is 0 Å². The van der Waals surface area contributed by atoms with Crippen LogP contribution in [0.3, 0.4) is 0 Å². The quantitative estimate of drug-likeness (QED) is 0.670. The molecule has 0 aliphatic carbocycles. The normalized spacial score (nSPS) is 10.8. The average Bonchev–Trinajstić information content (AvgIpc) is 2.42. The first-order valence-corrected chi connectivity index (χ1v) is 6.89. The summed E-state index contributed by atoms with van der Waals surface area (Å²) in [6.45, 7) is 7.36. The van der Waals surface area contributed by atoms with Crippen molar-refractivity contribution in [2.45, 2.75) is 39.5 Å². The summed E-state index contributed by atoms with van der Waals surface area (Å²) >= 11 is 0. The maximum absolute atomic E-state index is 12.2. The van der Waals surface area contributed by atoms with Crippen molar-refractivity contribution in [3.05, 3.63) is 29.3 Å². The number of carbonyl (C=O) groups is 1. The monoisotopic (exact) mass is 264 g/mol. The van der Waals surface area contributed by atoms with Gasteiger partial charge < -0.3 is 9.47 Å². The number of methoxy groups -OCH3 is 1. The van der Waals surface area contributed by atoms with Crippen LogP contribution in [-0.4, -0.2) is 26.1 Å². The molecule has 0 atom stereocenters. The minimum Gasteiger partial charge on any atom is -0.493 e. The topological polar surface area (TPSA) is 35.5 Å². The van der Waals surface area contributed by atoms with E-state index in [0.717, 1.165) is 12.0 Å². The molecule has 106 valence electrons. The van der Waals surface area contributed by atoms with Crippen LogP contribution in [-0.2, 0) is 4.74 Å². The van der Waals surface area contributed by atoms with Gasteiger partial charge in [0.2, 0.25) is 0 Å². The van der Waals surface area contributed by atoms with Gasteiger partial charge in [-0.25, -0.2) is 0 Å². The van der Waals surface area contributed by atoms with E-state index < -0.39 is 0 Å². The van der Waals surface area contributed by atoms with Crippen LogP contribution in [0.2, 0.25) is 0 Å². The lowest BCUT2D eigenvalue weighted by atomic mass is 9.97. The second-order valence-corrected chi connectivity index (χ2v) is 4.92. The van der Waals surface area contributed by atoms with Gasteiger partial charge in [-0.15, -0.1) is 0 Å². The van der Waals surface area contributed by atoms with E-state index in [-0.39, 0.29) is 5.78 Å². The molecular formula is C16H24O3. The molecular weight excluding hydrogens is 240 g/mol. The zero-order valence-electron chi connectivity index (χ0n) is 12.4. The van der Waals surface area contributed by atoms with Gasteiger partial charge in [0, 0.05) is 13.5 Å². The van der Waals surface area contributed by atoms with E-state index in [0.29, 0.717) is 36.9 Å². The third-order valence-electron chi connectivity index (χ3n) is 2.97. The molecule has 3 heteroatoms. The summed E-state index contributed by atoms with van der Waals surface area (Å²) in [5, 5.41) is 0. The third-order valence-corrected chi connectivity index (χ3v) is 2.97. The number of Topliss-reactive ketones (excluding diaryl/α,β-unsaturated/α-hetero) is 1. The number of ketones is 1. The van der Waals surface area contributed by atoms with Gasteiger partial charge in [-0.1, -0.05) is 26.8 Å². The van der Waals surface area contributed by atoms with Gasteiger partial charge in [0.25, 0.3) is 0 Å². The minimum atomic E-state index is 0.0791. The van der Waals surface area contributed by atoms with Crippen molar-refractivity contribution in [1.29, 1.82) is 0 Å². The smallest absolute Gasteiger partial charge is 0.168 e. The molecule has 0 spiro atoms. The number of ether oxygens (including phenoxy) is 2. The first-order valence-electron chi connectivity index (χ1n) is 6.89. The molecule has 0 saturated heterocycles. The summed E-state index contributed by atoms with van der Waals surface area (Å²) in [5.41, 5.74) is 1.83. The summed E-state index contributed by atoms with van der Waals surface area (Å²) in [7, 11) is 1.60. The molecule has 0 heterocycles. The Balaban J connectivity index is 2.99. The van der Waals surface area contributed by atoms with E-state index in [2.05, 4.69) is 20.8 Å². The first kappa shape index (κ1) is 15.7.